The summed E-state index contributed by atoms with van der Waals surface area (Å²) >= 11 is 1.65. The van der Waals surface area contributed by atoms with E-state index >= 15 is 0 Å². The quantitative estimate of drug-likeness (QED) is 0.681. The fourth-order valence-corrected chi connectivity index (χ4v) is 4.12. The van der Waals surface area contributed by atoms with Gasteiger partial charge in [-0.25, -0.2) is 0 Å². The summed E-state index contributed by atoms with van der Waals surface area (Å²) in [5.41, 5.74) is 0.751. The van der Waals surface area contributed by atoms with Crippen molar-refractivity contribution in [3.8, 4) is 5.75 Å². The van der Waals surface area contributed by atoms with Crippen LogP contribution in [-0.2, 0) is 11.3 Å². The third kappa shape index (κ3) is 5.65. The van der Waals surface area contributed by atoms with Gasteiger partial charge >= 0.3 is 0 Å². The number of carbonyl (C=O) groups excluding carboxylic acids is 2. The summed E-state index contributed by atoms with van der Waals surface area (Å²) in [5, 5.41) is 4.99. The summed E-state index contributed by atoms with van der Waals surface area (Å²) in [6.07, 6.45) is 1.67. The van der Waals surface area contributed by atoms with Crippen molar-refractivity contribution in [2.75, 3.05) is 26.2 Å². The molecule has 0 spiro atoms. The largest absolute Gasteiger partial charge is 0.494 e. The van der Waals surface area contributed by atoms with E-state index in [2.05, 4.69) is 5.32 Å². The van der Waals surface area contributed by atoms with Crippen LogP contribution >= 0.6 is 11.3 Å². The van der Waals surface area contributed by atoms with E-state index in [1.54, 1.807) is 11.3 Å². The first kappa shape index (κ1) is 19.6. The number of rotatable bonds is 8. The second-order valence-electron chi connectivity index (χ2n) is 6.88. The zero-order valence-electron chi connectivity index (χ0n) is 15.7. The predicted molar refractivity (Wildman–Crippen MR) is 106 cm³/mol. The van der Waals surface area contributed by atoms with Crippen LogP contribution in [0.1, 0.15) is 35.0 Å². The normalized spacial score (nSPS) is 19.4. The number of ketones is 1. The molecule has 0 aliphatic carbocycles. The fourth-order valence-electron chi connectivity index (χ4n) is 3.47. The molecule has 27 heavy (non-hydrogen) atoms. The van der Waals surface area contributed by atoms with Gasteiger partial charge in [-0.2, -0.15) is 0 Å². The van der Waals surface area contributed by atoms with Crippen molar-refractivity contribution in [3.05, 3.63) is 52.2 Å². The molecule has 0 radical (unpaired) electrons. The first-order chi connectivity index (χ1) is 13.2. The van der Waals surface area contributed by atoms with Crippen molar-refractivity contribution in [2.45, 2.75) is 26.3 Å². The number of quaternary nitrogens is 1. The van der Waals surface area contributed by atoms with Crippen molar-refractivity contribution in [1.82, 2.24) is 5.32 Å². The van der Waals surface area contributed by atoms with Crippen LogP contribution in [-0.4, -0.2) is 37.9 Å². The van der Waals surface area contributed by atoms with E-state index in [-0.39, 0.29) is 17.6 Å². The van der Waals surface area contributed by atoms with Gasteiger partial charge in [0.25, 0.3) is 5.91 Å². The molecule has 1 aliphatic rings. The summed E-state index contributed by atoms with van der Waals surface area (Å²) in [4.78, 5) is 27.2. The summed E-state index contributed by atoms with van der Waals surface area (Å²) in [6, 6.07) is 11.4. The van der Waals surface area contributed by atoms with Crippen LogP contribution in [0.4, 0.5) is 0 Å². The van der Waals surface area contributed by atoms with Gasteiger partial charge in [0.05, 0.1) is 26.2 Å². The molecule has 144 valence electrons. The summed E-state index contributed by atoms with van der Waals surface area (Å²) < 4.78 is 5.43. The topological polar surface area (TPSA) is 59.8 Å². The Hall–Kier alpha value is -2.18. The van der Waals surface area contributed by atoms with Gasteiger partial charge in [0.1, 0.15) is 5.75 Å². The van der Waals surface area contributed by atoms with E-state index in [1.807, 2.05) is 48.7 Å². The van der Waals surface area contributed by atoms with Gasteiger partial charge in [-0.05, 0) is 42.6 Å². The van der Waals surface area contributed by atoms with Crippen molar-refractivity contribution >= 4 is 23.0 Å². The highest BCUT2D eigenvalue weighted by Gasteiger charge is 2.29. The van der Waals surface area contributed by atoms with Gasteiger partial charge in [0.2, 0.25) is 0 Å². The maximum absolute atomic E-state index is 12.7. The number of ether oxygens (including phenoxy) is 1. The fraction of sp³-hybridized carbons (Fsp3) is 0.429. The van der Waals surface area contributed by atoms with Crippen LogP contribution in [0.3, 0.4) is 0 Å². The standard InChI is InChI=1S/C21H26N2O3S/c1-2-26-18-7-5-16(6-8-18)21(25)17-9-11-23(12-10-17)15-20(24)22-14-19-4-3-13-27-19/h3-8,13,17H,2,9-12,14-15H2,1H3,(H,22,24)/p+1. The Labute approximate surface area is 164 Å². The molecular formula is C21H27N2O3S+. The second-order valence-corrected chi connectivity index (χ2v) is 7.91. The number of likely N-dealkylation sites (tertiary alicyclic amines) is 1. The number of hydrogen-bond donors (Lipinski definition) is 2. The molecule has 1 aliphatic heterocycles. The molecule has 3 rings (SSSR count). The number of Topliss-reactive ketones (excluding diaryl/α,β-unsaturated/α-hetero) is 1. The molecule has 0 atom stereocenters. The van der Waals surface area contributed by atoms with Crippen molar-refractivity contribution in [1.29, 1.82) is 0 Å². The SMILES string of the molecule is CCOc1ccc(C(=O)C2CC[NH+](CC(=O)NCc3cccs3)CC2)cc1. The Bertz CT molecular complexity index is 735. The second kappa shape index (κ2) is 9.67. The average Bonchev–Trinajstić information content (AvgIpc) is 3.21. The third-order valence-corrected chi connectivity index (χ3v) is 5.84. The Balaban J connectivity index is 1.42. The lowest BCUT2D eigenvalue weighted by atomic mass is 9.89. The molecule has 6 heteroatoms. The minimum atomic E-state index is 0.0564. The van der Waals surface area contributed by atoms with Crippen LogP contribution in [0.15, 0.2) is 41.8 Å². The smallest absolute Gasteiger partial charge is 0.275 e. The summed E-state index contributed by atoms with van der Waals surface area (Å²) in [6.45, 7) is 5.37. The maximum atomic E-state index is 12.7. The number of thiophene rings is 1. The van der Waals surface area contributed by atoms with Crippen molar-refractivity contribution in [2.24, 2.45) is 5.92 Å². The number of nitrogens with one attached hydrogen (secondary N) is 2. The van der Waals surface area contributed by atoms with Crippen LogP contribution in [0.5, 0.6) is 5.75 Å². The number of benzene rings is 1. The van der Waals surface area contributed by atoms with Crippen molar-refractivity contribution < 1.29 is 19.2 Å². The van der Waals surface area contributed by atoms with E-state index in [1.165, 1.54) is 4.90 Å². The summed E-state index contributed by atoms with van der Waals surface area (Å²) in [7, 11) is 0. The van der Waals surface area contributed by atoms with Crippen LogP contribution in [0, 0.1) is 5.92 Å². The number of piperidine rings is 1. The minimum Gasteiger partial charge on any atom is -0.494 e. The Morgan fingerprint density at radius 1 is 1.19 bits per heavy atom. The van der Waals surface area contributed by atoms with Gasteiger partial charge in [0, 0.05) is 29.2 Å². The van der Waals surface area contributed by atoms with E-state index in [9.17, 15) is 9.59 Å². The van der Waals surface area contributed by atoms with Gasteiger partial charge in [-0.1, -0.05) is 6.07 Å². The lowest BCUT2D eigenvalue weighted by Gasteiger charge is -2.28. The molecule has 1 fully saturated rings. The molecule has 0 saturated carbocycles. The van der Waals surface area contributed by atoms with Gasteiger partial charge in [-0.15, -0.1) is 11.3 Å². The molecule has 5 nitrogen and oxygen atoms in total. The molecule has 2 aromatic rings. The Morgan fingerprint density at radius 3 is 2.56 bits per heavy atom. The highest BCUT2D eigenvalue weighted by Crippen LogP contribution is 2.19. The van der Waals surface area contributed by atoms with E-state index in [4.69, 9.17) is 4.74 Å². The first-order valence-electron chi connectivity index (χ1n) is 9.55. The molecule has 1 aromatic heterocycles. The third-order valence-electron chi connectivity index (χ3n) is 4.96. The minimum absolute atomic E-state index is 0.0564. The highest BCUT2D eigenvalue weighted by atomic mass is 32.1. The molecule has 0 bridgehead atoms. The molecular weight excluding hydrogens is 360 g/mol. The lowest BCUT2D eigenvalue weighted by molar-refractivity contribution is -0.897. The maximum Gasteiger partial charge on any atom is 0.275 e. The molecule has 2 heterocycles. The molecule has 2 N–H and O–H groups in total. The average molecular weight is 388 g/mol. The van der Waals surface area contributed by atoms with E-state index < -0.39 is 0 Å². The van der Waals surface area contributed by atoms with Gasteiger partial charge < -0.3 is 15.0 Å². The van der Waals surface area contributed by atoms with Gasteiger partial charge in [0.15, 0.2) is 12.3 Å². The highest BCUT2D eigenvalue weighted by molar-refractivity contribution is 7.09. The van der Waals surface area contributed by atoms with Crippen LogP contribution < -0.4 is 15.0 Å². The summed E-state index contributed by atoms with van der Waals surface area (Å²) in [5.74, 6) is 1.14. The monoisotopic (exact) mass is 387 g/mol. The Kier molecular flexibility index (Phi) is 7.01. The van der Waals surface area contributed by atoms with Gasteiger partial charge in [-0.3, -0.25) is 9.59 Å². The zero-order chi connectivity index (χ0) is 19.1. The zero-order valence-corrected chi connectivity index (χ0v) is 16.5. The first-order valence-corrected chi connectivity index (χ1v) is 10.4. The molecule has 1 amide bonds. The molecule has 1 saturated heterocycles. The van der Waals surface area contributed by atoms with Crippen LogP contribution in [0.2, 0.25) is 0 Å². The molecule has 0 unspecified atom stereocenters. The van der Waals surface area contributed by atoms with E-state index in [0.717, 1.165) is 42.1 Å². The Morgan fingerprint density at radius 2 is 1.93 bits per heavy atom. The molecule has 1 aromatic carbocycles. The number of carbonyl (C=O) groups is 2. The predicted octanol–water partition coefficient (Wildman–Crippen LogP) is 1.94. The number of hydrogen-bond acceptors (Lipinski definition) is 4. The lowest BCUT2D eigenvalue weighted by Crippen LogP contribution is -3.14. The van der Waals surface area contributed by atoms with E-state index in [0.29, 0.717) is 19.7 Å². The number of amides is 1. The van der Waals surface area contributed by atoms with Crippen molar-refractivity contribution in [3.63, 3.8) is 0 Å². The van der Waals surface area contributed by atoms with Crippen LogP contribution in [0.25, 0.3) is 0 Å².